The smallest absolute Gasteiger partial charge is 0.197 e. The molecule has 3 rings (SSSR count). The van der Waals surface area contributed by atoms with Crippen LogP contribution in [-0.2, 0) is 13.7 Å². The summed E-state index contributed by atoms with van der Waals surface area (Å²) in [6.07, 6.45) is 0. The van der Waals surface area contributed by atoms with Gasteiger partial charge in [0.1, 0.15) is 12.4 Å². The summed E-state index contributed by atoms with van der Waals surface area (Å²) in [6.45, 7) is 0.398. The number of hydrogen-bond acceptors (Lipinski definition) is 3. The molecule has 2 aromatic carbocycles. The van der Waals surface area contributed by atoms with Gasteiger partial charge in [-0.25, -0.2) is 0 Å². The summed E-state index contributed by atoms with van der Waals surface area (Å²) < 4.78 is 12.8. The first-order chi connectivity index (χ1) is 10.7. The fraction of sp³-hybridized carbons (Fsp3) is 0.167. The van der Waals surface area contributed by atoms with Crippen molar-refractivity contribution in [3.8, 4) is 11.6 Å². The van der Waals surface area contributed by atoms with E-state index in [2.05, 4.69) is 0 Å². The van der Waals surface area contributed by atoms with Crippen molar-refractivity contribution in [1.29, 1.82) is 0 Å². The monoisotopic (exact) mass is 295 g/mol. The van der Waals surface area contributed by atoms with Gasteiger partial charge in [-0.1, -0.05) is 24.3 Å². The average Bonchev–Trinajstić information content (AvgIpc) is 2.57. The molecular formula is C18H17NO3. The fourth-order valence-electron chi connectivity index (χ4n) is 2.40. The van der Waals surface area contributed by atoms with Crippen LogP contribution in [0.4, 0.5) is 0 Å². The molecule has 4 heteroatoms. The van der Waals surface area contributed by atoms with Gasteiger partial charge in [0.05, 0.1) is 12.6 Å². The van der Waals surface area contributed by atoms with Crippen LogP contribution in [0.1, 0.15) is 5.56 Å². The van der Waals surface area contributed by atoms with Crippen molar-refractivity contribution in [3.63, 3.8) is 0 Å². The SMILES string of the molecule is COc1ccc(COc2cc(=O)c3ccccc3n2C)cc1. The van der Waals surface area contributed by atoms with Crippen LogP contribution < -0.4 is 14.9 Å². The molecule has 0 N–H and O–H groups in total. The van der Waals surface area contributed by atoms with E-state index in [1.54, 1.807) is 7.11 Å². The molecule has 112 valence electrons. The Labute approximate surface area is 128 Å². The number of aryl methyl sites for hydroxylation is 1. The Bertz CT molecular complexity index is 850. The molecule has 0 atom stereocenters. The molecule has 0 bridgehead atoms. The molecule has 0 radical (unpaired) electrons. The number of pyridine rings is 1. The standard InChI is InChI=1S/C18H17NO3/c1-19-16-6-4-3-5-15(16)17(20)11-18(19)22-12-13-7-9-14(21-2)10-8-13/h3-11H,12H2,1-2H3. The maximum atomic E-state index is 12.1. The lowest BCUT2D eigenvalue weighted by molar-refractivity contribution is 0.283. The van der Waals surface area contributed by atoms with Crippen molar-refractivity contribution in [2.24, 2.45) is 7.05 Å². The zero-order valence-corrected chi connectivity index (χ0v) is 12.6. The van der Waals surface area contributed by atoms with E-state index in [1.807, 2.05) is 60.1 Å². The predicted octanol–water partition coefficient (Wildman–Crippen LogP) is 3.13. The number of hydrogen-bond donors (Lipinski definition) is 0. The predicted molar refractivity (Wildman–Crippen MR) is 86.5 cm³/mol. The van der Waals surface area contributed by atoms with Gasteiger partial charge in [-0.2, -0.15) is 0 Å². The number of nitrogens with zero attached hydrogens (tertiary/aromatic N) is 1. The lowest BCUT2D eigenvalue weighted by atomic mass is 10.2. The second kappa shape index (κ2) is 5.93. The van der Waals surface area contributed by atoms with Gasteiger partial charge in [0.2, 0.25) is 0 Å². The molecule has 0 aliphatic rings. The molecule has 3 aromatic rings. The van der Waals surface area contributed by atoms with E-state index < -0.39 is 0 Å². The third-order valence-electron chi connectivity index (χ3n) is 3.66. The van der Waals surface area contributed by atoms with Crippen LogP contribution in [0.5, 0.6) is 11.6 Å². The summed E-state index contributed by atoms with van der Waals surface area (Å²) in [4.78, 5) is 12.1. The summed E-state index contributed by atoms with van der Waals surface area (Å²) in [7, 11) is 3.53. The highest BCUT2D eigenvalue weighted by Crippen LogP contribution is 2.18. The van der Waals surface area contributed by atoms with E-state index in [9.17, 15) is 4.79 Å². The zero-order valence-electron chi connectivity index (χ0n) is 12.6. The number of benzene rings is 2. The van der Waals surface area contributed by atoms with Crippen LogP contribution in [0.25, 0.3) is 10.9 Å². The number of para-hydroxylation sites is 1. The Kier molecular flexibility index (Phi) is 3.83. The lowest BCUT2D eigenvalue weighted by Crippen LogP contribution is -2.10. The molecule has 0 fully saturated rings. The fourth-order valence-corrected chi connectivity index (χ4v) is 2.40. The van der Waals surface area contributed by atoms with E-state index in [0.717, 1.165) is 16.8 Å². The molecule has 0 saturated heterocycles. The van der Waals surface area contributed by atoms with E-state index in [1.165, 1.54) is 6.07 Å². The molecule has 0 spiro atoms. The second-order valence-corrected chi connectivity index (χ2v) is 5.06. The zero-order chi connectivity index (χ0) is 15.5. The summed E-state index contributed by atoms with van der Waals surface area (Å²) in [6, 6.07) is 16.7. The number of aromatic nitrogens is 1. The Balaban J connectivity index is 1.87. The Hall–Kier alpha value is -2.75. The van der Waals surface area contributed by atoms with Gasteiger partial charge >= 0.3 is 0 Å². The minimum Gasteiger partial charge on any atom is -0.497 e. The average molecular weight is 295 g/mol. The van der Waals surface area contributed by atoms with Crippen molar-refractivity contribution in [3.05, 3.63) is 70.4 Å². The van der Waals surface area contributed by atoms with Gasteiger partial charge in [0, 0.05) is 18.5 Å². The maximum absolute atomic E-state index is 12.1. The molecule has 1 aromatic heterocycles. The maximum Gasteiger partial charge on any atom is 0.197 e. The highest BCUT2D eigenvalue weighted by molar-refractivity contribution is 5.79. The van der Waals surface area contributed by atoms with Crippen LogP contribution in [0.15, 0.2) is 59.4 Å². The molecule has 0 aliphatic heterocycles. The molecule has 0 unspecified atom stereocenters. The molecule has 0 aliphatic carbocycles. The normalized spacial score (nSPS) is 10.6. The largest absolute Gasteiger partial charge is 0.497 e. The van der Waals surface area contributed by atoms with Crippen LogP contribution in [0.2, 0.25) is 0 Å². The second-order valence-electron chi connectivity index (χ2n) is 5.06. The molecule has 0 amide bonds. The van der Waals surface area contributed by atoms with Gasteiger partial charge in [-0.05, 0) is 29.8 Å². The molecule has 22 heavy (non-hydrogen) atoms. The Morgan fingerprint density at radius 3 is 2.50 bits per heavy atom. The molecule has 1 heterocycles. The van der Waals surface area contributed by atoms with Gasteiger partial charge in [-0.3, -0.25) is 4.79 Å². The molecular weight excluding hydrogens is 278 g/mol. The lowest BCUT2D eigenvalue weighted by Gasteiger charge is -2.13. The summed E-state index contributed by atoms with van der Waals surface area (Å²) in [5, 5.41) is 0.696. The van der Waals surface area contributed by atoms with Gasteiger partial charge < -0.3 is 14.0 Å². The number of fused-ring (bicyclic) bond motifs is 1. The van der Waals surface area contributed by atoms with Crippen LogP contribution in [-0.4, -0.2) is 11.7 Å². The van der Waals surface area contributed by atoms with Gasteiger partial charge in [0.25, 0.3) is 0 Å². The first kappa shape index (κ1) is 14.2. The number of ether oxygens (including phenoxy) is 2. The Morgan fingerprint density at radius 1 is 1.05 bits per heavy atom. The van der Waals surface area contributed by atoms with Gasteiger partial charge in [-0.15, -0.1) is 0 Å². The third kappa shape index (κ3) is 2.68. The van der Waals surface area contributed by atoms with Crippen LogP contribution >= 0.6 is 0 Å². The Morgan fingerprint density at radius 2 is 1.77 bits per heavy atom. The number of rotatable bonds is 4. The minimum atomic E-state index is -0.0292. The molecule has 4 nitrogen and oxygen atoms in total. The quantitative estimate of drug-likeness (QED) is 0.742. The first-order valence-electron chi connectivity index (χ1n) is 7.03. The van der Waals surface area contributed by atoms with E-state index in [-0.39, 0.29) is 5.43 Å². The van der Waals surface area contributed by atoms with Crippen molar-refractivity contribution in [2.45, 2.75) is 6.61 Å². The van der Waals surface area contributed by atoms with E-state index in [4.69, 9.17) is 9.47 Å². The highest BCUT2D eigenvalue weighted by atomic mass is 16.5. The topological polar surface area (TPSA) is 40.5 Å². The van der Waals surface area contributed by atoms with Crippen molar-refractivity contribution in [2.75, 3.05) is 7.11 Å². The highest BCUT2D eigenvalue weighted by Gasteiger charge is 2.07. The van der Waals surface area contributed by atoms with Crippen molar-refractivity contribution >= 4 is 10.9 Å². The summed E-state index contributed by atoms with van der Waals surface area (Å²) in [5.41, 5.74) is 1.85. The minimum absolute atomic E-state index is 0.0292. The first-order valence-corrected chi connectivity index (χ1v) is 7.03. The van der Waals surface area contributed by atoms with E-state index >= 15 is 0 Å². The van der Waals surface area contributed by atoms with Gasteiger partial charge in [0.15, 0.2) is 11.3 Å². The van der Waals surface area contributed by atoms with Crippen molar-refractivity contribution < 1.29 is 9.47 Å². The van der Waals surface area contributed by atoms with Crippen LogP contribution in [0.3, 0.4) is 0 Å². The summed E-state index contributed by atoms with van der Waals surface area (Å²) in [5.74, 6) is 1.36. The number of methoxy groups -OCH3 is 1. The van der Waals surface area contributed by atoms with E-state index in [0.29, 0.717) is 17.9 Å². The molecule has 0 saturated carbocycles. The van der Waals surface area contributed by atoms with Crippen molar-refractivity contribution in [1.82, 2.24) is 4.57 Å². The third-order valence-corrected chi connectivity index (χ3v) is 3.66. The van der Waals surface area contributed by atoms with Crippen LogP contribution in [0, 0.1) is 0 Å². The summed E-state index contributed by atoms with van der Waals surface area (Å²) >= 11 is 0.